The fraction of sp³-hybridized carbons (Fsp3) is 0.154. The summed E-state index contributed by atoms with van der Waals surface area (Å²) in [5, 5.41) is 7.86. The summed E-state index contributed by atoms with van der Waals surface area (Å²) in [7, 11) is 1.58. The second kappa shape index (κ2) is 9.30. The Kier molecular flexibility index (Phi) is 5.88. The van der Waals surface area contributed by atoms with E-state index in [-0.39, 0.29) is 0 Å². The first-order valence-corrected chi connectivity index (χ1v) is 11.0. The van der Waals surface area contributed by atoms with Crippen LogP contribution in [0.3, 0.4) is 0 Å². The Morgan fingerprint density at radius 2 is 1.86 bits per heavy atom. The first-order valence-electron chi connectivity index (χ1n) is 11.0. The third kappa shape index (κ3) is 4.31. The number of aromatic nitrogens is 4. The van der Waals surface area contributed by atoms with Crippen molar-refractivity contribution in [3.63, 3.8) is 0 Å². The first-order chi connectivity index (χ1) is 17.0. The third-order valence-electron chi connectivity index (χ3n) is 5.80. The molecule has 2 aromatic carbocycles. The minimum atomic E-state index is -0.594. The van der Waals surface area contributed by atoms with E-state index >= 15 is 0 Å². The summed E-state index contributed by atoms with van der Waals surface area (Å²) in [6.07, 6.45) is 3.36. The molecule has 1 atom stereocenters. The smallest absolute Gasteiger partial charge is 0.248 e. The van der Waals surface area contributed by atoms with Crippen molar-refractivity contribution in [3.05, 3.63) is 95.5 Å². The number of hydrogen-bond donors (Lipinski definition) is 2. The number of rotatable bonds is 7. The van der Waals surface area contributed by atoms with Crippen molar-refractivity contribution in [3.8, 4) is 22.9 Å². The number of ether oxygens (including phenoxy) is 2. The zero-order chi connectivity index (χ0) is 24.4. The number of carbonyl (C=O) groups excluding carboxylic acids is 1. The number of methoxy groups -OCH3 is 1. The number of nitrogens with zero attached hydrogens (tertiary/aromatic N) is 4. The fourth-order valence-corrected chi connectivity index (χ4v) is 4.11. The fourth-order valence-electron chi connectivity index (χ4n) is 4.11. The molecule has 5 rings (SSSR count). The van der Waals surface area contributed by atoms with Crippen LogP contribution < -0.4 is 20.5 Å². The number of amides is 1. The van der Waals surface area contributed by atoms with Gasteiger partial charge in [-0.25, -0.2) is 4.68 Å². The molecule has 0 aliphatic carbocycles. The topological polar surface area (TPSA) is 117 Å². The number of allylic oxidation sites excluding steroid dienone is 1. The van der Waals surface area contributed by atoms with Gasteiger partial charge in [-0.15, -0.1) is 5.10 Å². The van der Waals surface area contributed by atoms with Crippen LogP contribution in [0.25, 0.3) is 11.4 Å². The number of fused-ring (bicyclic) bond motifs is 1. The standard InChI is InChI=1S/C26H24N6O3/c1-16-22(24(27)33)23(32-26(29-16)30-25(31-32)18-10-12-28-13-11-18)19-8-9-20(21(14-19)34-2)35-15-17-6-4-3-5-7-17/h3-14,23H,15H2,1-2H3,(H2,27,33)(H,29,30,31). The van der Waals surface area contributed by atoms with Gasteiger partial charge in [0.15, 0.2) is 17.3 Å². The van der Waals surface area contributed by atoms with E-state index in [4.69, 9.17) is 20.3 Å². The monoisotopic (exact) mass is 468 g/mol. The summed E-state index contributed by atoms with van der Waals surface area (Å²) in [5.41, 5.74) is 9.43. The molecule has 9 heteroatoms. The Morgan fingerprint density at radius 3 is 2.57 bits per heavy atom. The van der Waals surface area contributed by atoms with Gasteiger partial charge in [0.05, 0.1) is 12.7 Å². The van der Waals surface area contributed by atoms with E-state index in [1.165, 1.54) is 0 Å². The van der Waals surface area contributed by atoms with E-state index in [0.717, 1.165) is 16.7 Å². The highest BCUT2D eigenvalue weighted by atomic mass is 16.5. The van der Waals surface area contributed by atoms with Gasteiger partial charge in [0.1, 0.15) is 12.6 Å². The molecule has 0 saturated heterocycles. The molecule has 0 spiro atoms. The molecule has 4 aromatic rings. The number of nitrogens with one attached hydrogen (secondary N) is 1. The third-order valence-corrected chi connectivity index (χ3v) is 5.80. The van der Waals surface area contributed by atoms with Crippen molar-refractivity contribution < 1.29 is 14.3 Å². The zero-order valence-corrected chi connectivity index (χ0v) is 19.3. The summed E-state index contributed by atoms with van der Waals surface area (Å²) in [4.78, 5) is 21.2. The highest BCUT2D eigenvalue weighted by Crippen LogP contribution is 2.39. The predicted molar refractivity (Wildman–Crippen MR) is 131 cm³/mol. The lowest BCUT2D eigenvalue weighted by molar-refractivity contribution is -0.115. The largest absolute Gasteiger partial charge is 0.493 e. The Balaban J connectivity index is 1.54. The van der Waals surface area contributed by atoms with Crippen LogP contribution in [0.4, 0.5) is 5.95 Å². The van der Waals surface area contributed by atoms with Crippen LogP contribution in [0, 0.1) is 0 Å². The molecule has 3 heterocycles. The van der Waals surface area contributed by atoms with Crippen molar-refractivity contribution in [2.45, 2.75) is 19.6 Å². The molecular formula is C26H24N6O3. The number of nitrogens with two attached hydrogens (primary N) is 1. The van der Waals surface area contributed by atoms with Gasteiger partial charge in [-0.05, 0) is 42.3 Å². The van der Waals surface area contributed by atoms with Crippen LogP contribution >= 0.6 is 0 Å². The highest BCUT2D eigenvalue weighted by Gasteiger charge is 2.34. The van der Waals surface area contributed by atoms with Crippen LogP contribution in [0.2, 0.25) is 0 Å². The molecule has 1 aliphatic heterocycles. The number of anilines is 1. The summed E-state index contributed by atoms with van der Waals surface area (Å²) in [5.74, 6) is 1.59. The number of benzene rings is 2. The minimum absolute atomic E-state index is 0.392. The van der Waals surface area contributed by atoms with Crippen molar-refractivity contribution >= 4 is 11.9 Å². The van der Waals surface area contributed by atoms with Crippen molar-refractivity contribution in [1.82, 2.24) is 19.7 Å². The second-order valence-electron chi connectivity index (χ2n) is 8.05. The molecule has 2 aromatic heterocycles. The Bertz CT molecular complexity index is 1400. The average Bonchev–Trinajstić information content (AvgIpc) is 3.31. The van der Waals surface area contributed by atoms with Gasteiger partial charge in [-0.1, -0.05) is 36.4 Å². The molecule has 1 aliphatic rings. The lowest BCUT2D eigenvalue weighted by atomic mass is 9.95. The van der Waals surface area contributed by atoms with Crippen LogP contribution in [-0.2, 0) is 11.4 Å². The molecule has 1 unspecified atom stereocenters. The van der Waals surface area contributed by atoms with Crippen molar-refractivity contribution in [1.29, 1.82) is 0 Å². The molecular weight excluding hydrogens is 444 g/mol. The molecule has 35 heavy (non-hydrogen) atoms. The lowest BCUT2D eigenvalue weighted by Crippen LogP contribution is -2.31. The van der Waals surface area contributed by atoms with Crippen LogP contribution in [0.5, 0.6) is 11.5 Å². The van der Waals surface area contributed by atoms with Gasteiger partial charge in [-0.2, -0.15) is 4.98 Å². The van der Waals surface area contributed by atoms with E-state index in [1.54, 1.807) is 31.1 Å². The normalized spacial score (nSPS) is 14.7. The minimum Gasteiger partial charge on any atom is -0.493 e. The summed E-state index contributed by atoms with van der Waals surface area (Å²) in [6, 6.07) is 18.5. The summed E-state index contributed by atoms with van der Waals surface area (Å²) >= 11 is 0. The van der Waals surface area contributed by atoms with Crippen LogP contribution in [0.15, 0.2) is 84.3 Å². The number of primary amides is 1. The quantitative estimate of drug-likeness (QED) is 0.425. The first kappa shape index (κ1) is 22.1. The van der Waals surface area contributed by atoms with E-state index in [9.17, 15) is 4.79 Å². The van der Waals surface area contributed by atoms with E-state index < -0.39 is 11.9 Å². The maximum atomic E-state index is 12.5. The Labute approximate surface area is 202 Å². The molecule has 176 valence electrons. The highest BCUT2D eigenvalue weighted by molar-refractivity contribution is 5.95. The molecule has 0 saturated carbocycles. The predicted octanol–water partition coefficient (Wildman–Crippen LogP) is 3.70. The van der Waals surface area contributed by atoms with Crippen LogP contribution in [0.1, 0.15) is 24.1 Å². The second-order valence-corrected chi connectivity index (χ2v) is 8.05. The Morgan fingerprint density at radius 1 is 1.09 bits per heavy atom. The maximum absolute atomic E-state index is 12.5. The van der Waals surface area contributed by atoms with Crippen molar-refractivity contribution in [2.75, 3.05) is 12.4 Å². The lowest BCUT2D eigenvalue weighted by Gasteiger charge is -2.28. The van der Waals surface area contributed by atoms with Gasteiger partial charge >= 0.3 is 0 Å². The maximum Gasteiger partial charge on any atom is 0.248 e. The van der Waals surface area contributed by atoms with Gasteiger partial charge in [0.25, 0.3) is 0 Å². The van der Waals surface area contributed by atoms with Gasteiger partial charge < -0.3 is 20.5 Å². The van der Waals surface area contributed by atoms with Gasteiger partial charge in [-0.3, -0.25) is 9.78 Å². The van der Waals surface area contributed by atoms with Gasteiger partial charge in [0, 0.05) is 23.7 Å². The molecule has 0 bridgehead atoms. The molecule has 3 N–H and O–H groups in total. The summed E-state index contributed by atoms with van der Waals surface area (Å²) in [6.45, 7) is 2.20. The molecule has 0 fully saturated rings. The number of carbonyl (C=O) groups is 1. The molecule has 1 amide bonds. The molecule has 9 nitrogen and oxygen atoms in total. The number of pyridine rings is 1. The van der Waals surface area contributed by atoms with Crippen molar-refractivity contribution in [2.24, 2.45) is 5.73 Å². The Hall–Kier alpha value is -4.66. The summed E-state index contributed by atoms with van der Waals surface area (Å²) < 4.78 is 13.3. The van der Waals surface area contributed by atoms with E-state index in [1.807, 2.05) is 60.7 Å². The van der Waals surface area contributed by atoms with E-state index in [2.05, 4.69) is 15.3 Å². The van der Waals surface area contributed by atoms with E-state index in [0.29, 0.717) is 41.1 Å². The SMILES string of the molecule is COc1cc(C2C(C(N)=O)=C(C)Nc3nc(-c4ccncc4)nn32)ccc1OCc1ccccc1. The zero-order valence-electron chi connectivity index (χ0n) is 19.3. The molecule has 0 radical (unpaired) electrons. The van der Waals surface area contributed by atoms with Crippen LogP contribution in [-0.4, -0.2) is 32.8 Å². The number of hydrogen-bond acceptors (Lipinski definition) is 7. The average molecular weight is 469 g/mol. The van der Waals surface area contributed by atoms with Gasteiger partial charge in [0.2, 0.25) is 11.9 Å².